The van der Waals surface area contributed by atoms with Crippen LogP contribution in [-0.4, -0.2) is 70.5 Å². The van der Waals surface area contributed by atoms with Crippen molar-refractivity contribution in [2.45, 2.75) is 32.2 Å². The number of benzene rings is 1. The minimum atomic E-state index is -1.04. The summed E-state index contributed by atoms with van der Waals surface area (Å²) in [6, 6.07) is 7.22. The summed E-state index contributed by atoms with van der Waals surface area (Å²) >= 11 is 0. The normalized spacial score (nSPS) is 16.9. The van der Waals surface area contributed by atoms with Crippen LogP contribution in [-0.2, 0) is 9.59 Å². The summed E-state index contributed by atoms with van der Waals surface area (Å²) in [5.41, 5.74) is 1.19. The number of pyridine rings is 1. The molecule has 2 amide bonds. The molecule has 0 radical (unpaired) electrons. The SMILES string of the molecule is COc1cnc2ccccc2c1C(=O)N1CCCC(N(CC(=O)O)C(C)=O)CC1. The third kappa shape index (κ3) is 4.47. The Labute approximate surface area is 169 Å². The standard InChI is InChI=1S/C21H25N3O5/c1-14(25)24(13-19(26)27)15-6-5-10-23(11-9-15)21(28)20-16-7-3-4-8-17(16)22-12-18(20)29-2/h3-4,7-8,12,15H,5-6,9-11,13H2,1-2H3,(H,26,27). The van der Waals surface area contributed by atoms with Gasteiger partial charge in [-0.25, -0.2) is 0 Å². The third-order valence-electron chi connectivity index (χ3n) is 5.31. The zero-order chi connectivity index (χ0) is 21.0. The number of para-hydroxylation sites is 1. The number of rotatable bonds is 5. The molecular formula is C21H25N3O5. The highest BCUT2D eigenvalue weighted by Crippen LogP contribution is 2.28. The number of aliphatic carboxylic acids is 1. The fraction of sp³-hybridized carbons (Fsp3) is 0.429. The molecule has 0 saturated carbocycles. The number of methoxy groups -OCH3 is 1. The maximum Gasteiger partial charge on any atom is 0.323 e. The zero-order valence-corrected chi connectivity index (χ0v) is 16.6. The van der Waals surface area contributed by atoms with Crippen molar-refractivity contribution in [1.29, 1.82) is 0 Å². The zero-order valence-electron chi connectivity index (χ0n) is 16.6. The lowest BCUT2D eigenvalue weighted by Crippen LogP contribution is -2.43. The number of hydrogen-bond acceptors (Lipinski definition) is 5. The first-order valence-electron chi connectivity index (χ1n) is 9.62. The third-order valence-corrected chi connectivity index (χ3v) is 5.31. The first-order chi connectivity index (χ1) is 13.9. The van der Waals surface area contributed by atoms with E-state index < -0.39 is 5.97 Å². The maximum absolute atomic E-state index is 13.4. The van der Waals surface area contributed by atoms with E-state index in [1.165, 1.54) is 18.9 Å². The van der Waals surface area contributed by atoms with Gasteiger partial charge in [0.25, 0.3) is 5.91 Å². The first-order valence-corrected chi connectivity index (χ1v) is 9.62. The molecule has 1 atom stereocenters. The lowest BCUT2D eigenvalue weighted by Gasteiger charge is -2.29. The van der Waals surface area contributed by atoms with E-state index >= 15 is 0 Å². The monoisotopic (exact) mass is 399 g/mol. The Morgan fingerprint density at radius 3 is 2.69 bits per heavy atom. The first kappa shape index (κ1) is 20.6. The van der Waals surface area contributed by atoms with Gasteiger partial charge in [0, 0.05) is 31.4 Å². The molecule has 2 aromatic rings. The molecule has 1 aromatic heterocycles. The van der Waals surface area contributed by atoms with Crippen LogP contribution in [0.25, 0.3) is 10.9 Å². The lowest BCUT2D eigenvalue weighted by molar-refractivity contribution is -0.145. The predicted molar refractivity (Wildman–Crippen MR) is 107 cm³/mol. The van der Waals surface area contributed by atoms with Crippen molar-refractivity contribution in [2.75, 3.05) is 26.7 Å². The molecule has 1 aliphatic heterocycles. The Hall–Kier alpha value is -3.16. The van der Waals surface area contributed by atoms with E-state index in [1.807, 2.05) is 24.3 Å². The van der Waals surface area contributed by atoms with Crippen molar-refractivity contribution < 1.29 is 24.2 Å². The highest BCUT2D eigenvalue weighted by molar-refractivity contribution is 6.08. The minimum absolute atomic E-state index is 0.145. The second kappa shape index (κ2) is 8.89. The Bertz CT molecular complexity index is 930. The number of aromatic nitrogens is 1. The van der Waals surface area contributed by atoms with Gasteiger partial charge in [-0.05, 0) is 25.3 Å². The molecule has 154 valence electrons. The Kier molecular flexibility index (Phi) is 6.31. The van der Waals surface area contributed by atoms with Crippen molar-refractivity contribution >= 4 is 28.7 Å². The smallest absolute Gasteiger partial charge is 0.323 e. The Morgan fingerprint density at radius 1 is 1.24 bits per heavy atom. The lowest BCUT2D eigenvalue weighted by atomic mass is 10.1. The van der Waals surface area contributed by atoms with Crippen LogP contribution in [0.3, 0.4) is 0 Å². The van der Waals surface area contributed by atoms with Crippen molar-refractivity contribution in [2.24, 2.45) is 0 Å². The van der Waals surface area contributed by atoms with E-state index in [2.05, 4.69) is 4.98 Å². The Balaban J connectivity index is 1.84. The van der Waals surface area contributed by atoms with E-state index in [1.54, 1.807) is 11.1 Å². The summed E-state index contributed by atoms with van der Waals surface area (Å²) in [6.07, 6.45) is 3.43. The Morgan fingerprint density at radius 2 is 2.00 bits per heavy atom. The van der Waals surface area contributed by atoms with Crippen LogP contribution in [0.5, 0.6) is 5.75 Å². The van der Waals surface area contributed by atoms with Crippen LogP contribution in [0.4, 0.5) is 0 Å². The number of carbonyl (C=O) groups excluding carboxylic acids is 2. The van der Waals surface area contributed by atoms with Crippen LogP contribution in [0, 0.1) is 0 Å². The van der Waals surface area contributed by atoms with E-state index in [4.69, 9.17) is 9.84 Å². The summed E-state index contributed by atoms with van der Waals surface area (Å²) < 4.78 is 5.40. The molecule has 1 fully saturated rings. The average Bonchev–Trinajstić information content (AvgIpc) is 2.96. The molecule has 29 heavy (non-hydrogen) atoms. The second-order valence-electron chi connectivity index (χ2n) is 7.14. The van der Waals surface area contributed by atoms with Gasteiger partial charge in [0.1, 0.15) is 6.54 Å². The molecule has 8 heteroatoms. The van der Waals surface area contributed by atoms with Crippen LogP contribution >= 0.6 is 0 Å². The quantitative estimate of drug-likeness (QED) is 0.827. The highest BCUT2D eigenvalue weighted by Gasteiger charge is 2.29. The van der Waals surface area contributed by atoms with Gasteiger partial charge < -0.3 is 19.6 Å². The highest BCUT2D eigenvalue weighted by atomic mass is 16.5. The number of hydrogen-bond donors (Lipinski definition) is 1. The van der Waals surface area contributed by atoms with E-state index in [-0.39, 0.29) is 24.4 Å². The largest absolute Gasteiger partial charge is 0.494 e. The van der Waals surface area contributed by atoms with Gasteiger partial charge in [0.15, 0.2) is 5.75 Å². The summed E-state index contributed by atoms with van der Waals surface area (Å²) in [5.74, 6) is -1.02. The number of ether oxygens (including phenoxy) is 1. The van der Waals surface area contributed by atoms with Crippen molar-refractivity contribution in [3.63, 3.8) is 0 Å². The average molecular weight is 399 g/mol. The van der Waals surface area contributed by atoms with Crippen LogP contribution in [0.1, 0.15) is 36.5 Å². The molecule has 2 heterocycles. The van der Waals surface area contributed by atoms with Gasteiger partial charge >= 0.3 is 5.97 Å². The van der Waals surface area contributed by atoms with Gasteiger partial charge in [0.2, 0.25) is 5.91 Å². The van der Waals surface area contributed by atoms with Gasteiger partial charge in [-0.2, -0.15) is 0 Å². The molecule has 0 aliphatic carbocycles. The molecule has 1 aromatic carbocycles. The second-order valence-corrected chi connectivity index (χ2v) is 7.14. The number of nitrogens with zero attached hydrogens (tertiary/aromatic N) is 3. The number of likely N-dealkylation sites (tertiary alicyclic amines) is 1. The van der Waals surface area contributed by atoms with E-state index in [0.717, 1.165) is 5.39 Å². The summed E-state index contributed by atoms with van der Waals surface area (Å²) in [6.45, 7) is 2.03. The van der Waals surface area contributed by atoms with Crippen molar-refractivity contribution in [3.05, 3.63) is 36.0 Å². The van der Waals surface area contributed by atoms with E-state index in [0.29, 0.717) is 49.2 Å². The number of carboxylic acid groups (broad SMARTS) is 1. The summed E-state index contributed by atoms with van der Waals surface area (Å²) in [7, 11) is 1.51. The van der Waals surface area contributed by atoms with Crippen LogP contribution < -0.4 is 4.74 Å². The fourth-order valence-corrected chi connectivity index (χ4v) is 3.89. The summed E-state index contributed by atoms with van der Waals surface area (Å²) in [5, 5.41) is 9.83. The molecule has 0 bridgehead atoms. The molecule has 1 N–H and O–H groups in total. The summed E-state index contributed by atoms with van der Waals surface area (Å²) in [4.78, 5) is 43.9. The fourth-order valence-electron chi connectivity index (χ4n) is 3.89. The van der Waals surface area contributed by atoms with Crippen molar-refractivity contribution in [3.8, 4) is 5.75 Å². The topological polar surface area (TPSA) is 100 Å². The number of amides is 2. The van der Waals surface area contributed by atoms with Gasteiger partial charge in [0.05, 0.1) is 24.4 Å². The van der Waals surface area contributed by atoms with E-state index in [9.17, 15) is 14.4 Å². The maximum atomic E-state index is 13.4. The molecule has 0 spiro atoms. The predicted octanol–water partition coefficient (Wildman–Crippen LogP) is 2.17. The molecular weight excluding hydrogens is 374 g/mol. The molecule has 8 nitrogen and oxygen atoms in total. The minimum Gasteiger partial charge on any atom is -0.494 e. The van der Waals surface area contributed by atoms with Gasteiger partial charge in [-0.3, -0.25) is 19.4 Å². The number of carboxylic acids is 1. The molecule has 1 saturated heterocycles. The van der Waals surface area contributed by atoms with Crippen molar-refractivity contribution in [1.82, 2.24) is 14.8 Å². The van der Waals surface area contributed by atoms with Crippen LogP contribution in [0.2, 0.25) is 0 Å². The van der Waals surface area contributed by atoms with Gasteiger partial charge in [-0.15, -0.1) is 0 Å². The number of carbonyl (C=O) groups is 3. The van der Waals surface area contributed by atoms with Crippen LogP contribution in [0.15, 0.2) is 30.5 Å². The number of fused-ring (bicyclic) bond motifs is 1. The van der Waals surface area contributed by atoms with Gasteiger partial charge in [-0.1, -0.05) is 18.2 Å². The molecule has 1 unspecified atom stereocenters. The molecule has 1 aliphatic rings. The molecule has 3 rings (SSSR count).